The van der Waals surface area contributed by atoms with E-state index in [0.717, 1.165) is 47.2 Å². The molecule has 0 unspecified atom stereocenters. The summed E-state index contributed by atoms with van der Waals surface area (Å²) in [5.74, 6) is 0.193. The smallest absolute Gasteiger partial charge is 0.369 e. The lowest BCUT2D eigenvalue weighted by Gasteiger charge is -2.31. The molecule has 1 heterocycles. The summed E-state index contributed by atoms with van der Waals surface area (Å²) in [4.78, 5) is 15.5. The summed E-state index contributed by atoms with van der Waals surface area (Å²) < 4.78 is 40.8. The van der Waals surface area contributed by atoms with E-state index in [0.29, 0.717) is 24.1 Å². The summed E-state index contributed by atoms with van der Waals surface area (Å²) in [5.41, 5.74) is 3.88. The maximum absolute atomic E-state index is 13.6. The first kappa shape index (κ1) is 29.0. The van der Waals surface area contributed by atoms with Crippen LogP contribution >= 0.6 is 0 Å². The highest BCUT2D eigenvalue weighted by Crippen LogP contribution is 2.36. The number of carbonyl (C=O) groups excluding carboxylic acids is 1. The molecule has 0 saturated heterocycles. The van der Waals surface area contributed by atoms with Gasteiger partial charge in [-0.3, -0.25) is 4.79 Å². The first-order valence-corrected chi connectivity index (χ1v) is 13.4. The van der Waals surface area contributed by atoms with Gasteiger partial charge < -0.3 is 10.2 Å². The van der Waals surface area contributed by atoms with Crippen molar-refractivity contribution in [2.24, 2.45) is 27.3 Å². The summed E-state index contributed by atoms with van der Waals surface area (Å²) in [6.45, 7) is 10.4. The molecule has 4 rings (SSSR count). The molecule has 210 valence electrons. The number of hydrogen-bond donors (Lipinski definition) is 1. The lowest BCUT2D eigenvalue weighted by molar-refractivity contribution is -0.138. The number of halogens is 3. The second-order valence-corrected chi connectivity index (χ2v) is 10.8. The Kier molecular flexibility index (Phi) is 9.02. The zero-order valence-electron chi connectivity index (χ0n) is 23.2. The molecule has 0 fully saturated rings. The molecule has 0 saturated carbocycles. The third-order valence-electron chi connectivity index (χ3n) is 6.45. The van der Waals surface area contributed by atoms with Gasteiger partial charge in [0.1, 0.15) is 6.54 Å². The van der Waals surface area contributed by atoms with E-state index < -0.39 is 24.1 Å². The normalized spacial score (nSPS) is 13.2. The number of benzene rings is 3. The average Bonchev–Trinajstić information content (AvgIpc) is 3.42. The van der Waals surface area contributed by atoms with Crippen LogP contribution < -0.4 is 10.2 Å². The standard InChI is InChI=1S/C31H34F3N5O/c1-20(2)18-39(19-21(3)4)29-14-13-22(24-10-6-7-11-25(24)28-17-35-38-37-28)15-27(29)36-30(40)16-23-9-5-8-12-26(23)31(32,33)34/h5-15,20-21H,16-19H2,1-4H3,(H,36,40). The maximum Gasteiger partial charge on any atom is 0.416 e. The molecule has 0 radical (unpaired) electrons. The van der Waals surface area contributed by atoms with Gasteiger partial charge in [-0.25, -0.2) is 0 Å². The van der Waals surface area contributed by atoms with Crippen LogP contribution in [0.3, 0.4) is 0 Å². The molecule has 0 aliphatic carbocycles. The fourth-order valence-corrected chi connectivity index (χ4v) is 4.89. The highest BCUT2D eigenvalue weighted by atomic mass is 19.4. The van der Waals surface area contributed by atoms with Gasteiger partial charge in [-0.2, -0.15) is 18.3 Å². The van der Waals surface area contributed by atoms with Crippen molar-refractivity contribution < 1.29 is 18.0 Å². The maximum atomic E-state index is 13.6. The SMILES string of the molecule is CC(C)CN(CC(C)C)c1ccc(-c2ccccc2C2=NN=NC2)cc1NC(=O)Cc1ccccc1C(F)(F)F. The molecule has 9 heteroatoms. The number of hydrogen-bond acceptors (Lipinski definition) is 5. The van der Waals surface area contributed by atoms with Crippen LogP contribution in [0.25, 0.3) is 11.1 Å². The second-order valence-electron chi connectivity index (χ2n) is 10.8. The van der Waals surface area contributed by atoms with Crippen molar-refractivity contribution in [1.82, 2.24) is 0 Å². The van der Waals surface area contributed by atoms with Gasteiger partial charge >= 0.3 is 6.18 Å². The molecule has 1 aliphatic heterocycles. The Morgan fingerprint density at radius 3 is 2.20 bits per heavy atom. The lowest BCUT2D eigenvalue weighted by Crippen LogP contribution is -2.32. The first-order valence-electron chi connectivity index (χ1n) is 13.4. The van der Waals surface area contributed by atoms with E-state index in [1.807, 2.05) is 42.5 Å². The number of rotatable bonds is 10. The van der Waals surface area contributed by atoms with Crippen LogP contribution in [0.4, 0.5) is 24.5 Å². The first-order chi connectivity index (χ1) is 19.0. The fraction of sp³-hybridized carbons (Fsp3) is 0.355. The predicted molar refractivity (Wildman–Crippen MR) is 154 cm³/mol. The van der Waals surface area contributed by atoms with Crippen LogP contribution in [0.2, 0.25) is 0 Å². The number of carbonyl (C=O) groups is 1. The van der Waals surface area contributed by atoms with Crippen LogP contribution in [0, 0.1) is 11.8 Å². The Morgan fingerprint density at radius 1 is 0.925 bits per heavy atom. The fourth-order valence-electron chi connectivity index (χ4n) is 4.89. The van der Waals surface area contributed by atoms with Crippen molar-refractivity contribution in [3.05, 3.63) is 83.4 Å². The largest absolute Gasteiger partial charge is 0.416 e. The lowest BCUT2D eigenvalue weighted by atomic mass is 9.95. The van der Waals surface area contributed by atoms with Crippen LogP contribution in [-0.2, 0) is 17.4 Å². The van der Waals surface area contributed by atoms with Crippen molar-refractivity contribution in [3.63, 3.8) is 0 Å². The summed E-state index contributed by atoms with van der Waals surface area (Å²) in [6.07, 6.45) is -4.94. The van der Waals surface area contributed by atoms with E-state index in [4.69, 9.17) is 0 Å². The molecule has 1 N–H and O–H groups in total. The van der Waals surface area contributed by atoms with E-state index in [-0.39, 0.29) is 5.56 Å². The Labute approximate surface area is 233 Å². The molecule has 3 aromatic carbocycles. The molecule has 0 atom stereocenters. The van der Waals surface area contributed by atoms with Gasteiger partial charge in [0.2, 0.25) is 5.91 Å². The number of nitrogens with zero attached hydrogens (tertiary/aromatic N) is 4. The molecule has 0 aromatic heterocycles. The van der Waals surface area contributed by atoms with Crippen LogP contribution in [0.5, 0.6) is 0 Å². The third kappa shape index (κ3) is 7.14. The number of nitrogens with one attached hydrogen (secondary N) is 1. The van der Waals surface area contributed by atoms with Gasteiger partial charge in [0, 0.05) is 18.7 Å². The highest BCUT2D eigenvalue weighted by molar-refractivity contribution is 6.08. The zero-order valence-corrected chi connectivity index (χ0v) is 23.2. The summed E-state index contributed by atoms with van der Waals surface area (Å²) in [6, 6.07) is 18.8. The summed E-state index contributed by atoms with van der Waals surface area (Å²) in [7, 11) is 0. The topological polar surface area (TPSA) is 69.4 Å². The minimum Gasteiger partial charge on any atom is -0.369 e. The number of anilines is 2. The molecular formula is C31H34F3N5O. The van der Waals surface area contributed by atoms with Gasteiger partial charge in [-0.15, -0.1) is 5.10 Å². The van der Waals surface area contributed by atoms with Crippen molar-refractivity contribution in [2.75, 3.05) is 29.9 Å². The zero-order chi connectivity index (χ0) is 28.9. The van der Waals surface area contributed by atoms with Gasteiger partial charge in [0.25, 0.3) is 0 Å². The second kappa shape index (κ2) is 12.4. The third-order valence-corrected chi connectivity index (χ3v) is 6.45. The highest BCUT2D eigenvalue weighted by Gasteiger charge is 2.33. The van der Waals surface area contributed by atoms with Crippen LogP contribution in [0.1, 0.15) is 44.4 Å². The minimum absolute atomic E-state index is 0.0662. The van der Waals surface area contributed by atoms with Crippen LogP contribution in [-0.4, -0.2) is 31.3 Å². The van der Waals surface area contributed by atoms with Crippen molar-refractivity contribution in [2.45, 2.75) is 40.3 Å². The monoisotopic (exact) mass is 549 g/mol. The van der Waals surface area contributed by atoms with Gasteiger partial charge in [-0.05, 0) is 51.9 Å². The summed E-state index contributed by atoms with van der Waals surface area (Å²) in [5, 5.41) is 14.8. The van der Waals surface area contributed by atoms with E-state index in [2.05, 4.69) is 53.4 Å². The molecule has 1 aliphatic rings. The van der Waals surface area contributed by atoms with E-state index in [9.17, 15) is 18.0 Å². The molecule has 40 heavy (non-hydrogen) atoms. The van der Waals surface area contributed by atoms with Crippen molar-refractivity contribution in [1.29, 1.82) is 0 Å². The Bertz CT molecular complexity index is 1400. The van der Waals surface area contributed by atoms with Crippen molar-refractivity contribution in [3.8, 4) is 11.1 Å². The number of amides is 1. The summed E-state index contributed by atoms with van der Waals surface area (Å²) >= 11 is 0. The number of alkyl halides is 3. The Morgan fingerprint density at radius 2 is 1.57 bits per heavy atom. The van der Waals surface area contributed by atoms with Crippen molar-refractivity contribution >= 4 is 23.0 Å². The predicted octanol–water partition coefficient (Wildman–Crippen LogP) is 7.84. The van der Waals surface area contributed by atoms with Gasteiger partial charge in [0.15, 0.2) is 0 Å². The van der Waals surface area contributed by atoms with E-state index >= 15 is 0 Å². The molecule has 0 spiro atoms. The molecule has 0 bridgehead atoms. The van der Waals surface area contributed by atoms with Gasteiger partial charge in [-0.1, -0.05) is 76.2 Å². The van der Waals surface area contributed by atoms with E-state index in [1.54, 1.807) is 0 Å². The van der Waals surface area contributed by atoms with E-state index in [1.165, 1.54) is 18.2 Å². The Hall–Kier alpha value is -4.01. The molecular weight excluding hydrogens is 515 g/mol. The van der Waals surface area contributed by atoms with Crippen LogP contribution in [0.15, 0.2) is 82.2 Å². The quantitative estimate of drug-likeness (QED) is 0.280. The van der Waals surface area contributed by atoms with Gasteiger partial charge in [0.05, 0.1) is 29.1 Å². The average molecular weight is 550 g/mol. The molecule has 1 amide bonds. The minimum atomic E-state index is -4.54. The Balaban J connectivity index is 1.75. The molecule has 3 aromatic rings. The molecule has 6 nitrogen and oxygen atoms in total.